The lowest BCUT2D eigenvalue weighted by Crippen LogP contribution is -2.18. The summed E-state index contributed by atoms with van der Waals surface area (Å²) >= 11 is 0. The van der Waals surface area contributed by atoms with Gasteiger partial charge >= 0.3 is 0 Å². The van der Waals surface area contributed by atoms with Crippen molar-refractivity contribution in [1.29, 1.82) is 0 Å². The van der Waals surface area contributed by atoms with Crippen molar-refractivity contribution < 1.29 is 4.74 Å². The number of benzene rings is 1. The van der Waals surface area contributed by atoms with Gasteiger partial charge in [0.15, 0.2) is 0 Å². The predicted molar refractivity (Wildman–Crippen MR) is 63.0 cm³/mol. The molecule has 0 N–H and O–H groups in total. The molecule has 1 aromatic carbocycles. The van der Waals surface area contributed by atoms with Crippen LogP contribution in [0.5, 0.6) is 0 Å². The van der Waals surface area contributed by atoms with E-state index in [1.54, 1.807) is 0 Å². The third-order valence-corrected chi connectivity index (χ3v) is 3.11. The molecule has 1 aromatic rings. The standard InChI is InChI=1S/C14H20O/c1-2-7-13(8-3-1)9-6-11-14-10-4-5-12-15-14/h1-3,7-8,14H,4-6,9-12H2. The molecule has 1 fully saturated rings. The highest BCUT2D eigenvalue weighted by Crippen LogP contribution is 2.18. The van der Waals surface area contributed by atoms with E-state index in [-0.39, 0.29) is 0 Å². The van der Waals surface area contributed by atoms with Gasteiger partial charge in [-0.1, -0.05) is 30.3 Å². The van der Waals surface area contributed by atoms with Crippen LogP contribution in [0, 0.1) is 0 Å². The number of ether oxygens (including phenoxy) is 1. The summed E-state index contributed by atoms with van der Waals surface area (Å²) in [4.78, 5) is 0. The fourth-order valence-corrected chi connectivity index (χ4v) is 2.21. The summed E-state index contributed by atoms with van der Waals surface area (Å²) in [5.41, 5.74) is 1.45. The minimum absolute atomic E-state index is 0.544. The van der Waals surface area contributed by atoms with Crippen LogP contribution in [0.1, 0.15) is 37.7 Å². The lowest BCUT2D eigenvalue weighted by Gasteiger charge is -2.22. The Hall–Kier alpha value is -0.820. The topological polar surface area (TPSA) is 9.23 Å². The second-order valence-electron chi connectivity index (χ2n) is 4.37. The van der Waals surface area contributed by atoms with E-state index in [9.17, 15) is 0 Å². The molecule has 1 aliphatic rings. The number of hydrogen-bond acceptors (Lipinski definition) is 1. The Labute approximate surface area is 92.5 Å². The van der Waals surface area contributed by atoms with Gasteiger partial charge in [-0.2, -0.15) is 0 Å². The van der Waals surface area contributed by atoms with Gasteiger partial charge in [0, 0.05) is 6.61 Å². The van der Waals surface area contributed by atoms with Crippen LogP contribution in [0.25, 0.3) is 0 Å². The first-order valence-corrected chi connectivity index (χ1v) is 6.11. The van der Waals surface area contributed by atoms with Crippen LogP contribution < -0.4 is 0 Å². The zero-order chi connectivity index (χ0) is 10.3. The molecule has 2 rings (SSSR count). The van der Waals surface area contributed by atoms with Crippen molar-refractivity contribution in [2.24, 2.45) is 0 Å². The molecule has 1 saturated heterocycles. The molecule has 1 unspecified atom stereocenters. The average Bonchev–Trinajstić information content (AvgIpc) is 2.32. The smallest absolute Gasteiger partial charge is 0.0575 e. The van der Waals surface area contributed by atoms with Crippen molar-refractivity contribution in [2.75, 3.05) is 6.61 Å². The summed E-state index contributed by atoms with van der Waals surface area (Å²) in [6.45, 7) is 0.982. The first-order valence-electron chi connectivity index (χ1n) is 6.11. The quantitative estimate of drug-likeness (QED) is 0.728. The summed E-state index contributed by atoms with van der Waals surface area (Å²) in [6, 6.07) is 10.7. The van der Waals surface area contributed by atoms with Gasteiger partial charge in [0.05, 0.1) is 6.10 Å². The molecule has 1 heterocycles. The van der Waals surface area contributed by atoms with Crippen molar-refractivity contribution in [3.8, 4) is 0 Å². The van der Waals surface area contributed by atoms with Crippen molar-refractivity contribution in [2.45, 2.75) is 44.6 Å². The van der Waals surface area contributed by atoms with E-state index < -0.39 is 0 Å². The maximum atomic E-state index is 5.72. The fourth-order valence-electron chi connectivity index (χ4n) is 2.21. The van der Waals surface area contributed by atoms with Crippen LogP contribution in [0.2, 0.25) is 0 Å². The minimum Gasteiger partial charge on any atom is -0.378 e. The molecule has 1 heteroatoms. The number of hydrogen-bond donors (Lipinski definition) is 0. The first-order chi connectivity index (χ1) is 7.45. The summed E-state index contributed by atoms with van der Waals surface area (Å²) in [5, 5.41) is 0. The Bertz CT molecular complexity index is 262. The number of rotatable bonds is 4. The van der Waals surface area contributed by atoms with E-state index in [1.165, 1.54) is 44.1 Å². The zero-order valence-corrected chi connectivity index (χ0v) is 9.32. The van der Waals surface area contributed by atoms with Gasteiger partial charge in [-0.25, -0.2) is 0 Å². The van der Waals surface area contributed by atoms with Crippen molar-refractivity contribution in [1.82, 2.24) is 0 Å². The van der Waals surface area contributed by atoms with Gasteiger partial charge in [-0.3, -0.25) is 0 Å². The number of aryl methyl sites for hydroxylation is 1. The Morgan fingerprint density at radius 2 is 2.00 bits per heavy atom. The Morgan fingerprint density at radius 1 is 1.13 bits per heavy atom. The van der Waals surface area contributed by atoms with E-state index in [1.807, 2.05) is 0 Å². The Kier molecular flexibility index (Phi) is 4.22. The van der Waals surface area contributed by atoms with Crippen LogP contribution >= 0.6 is 0 Å². The van der Waals surface area contributed by atoms with Crippen molar-refractivity contribution in [3.05, 3.63) is 35.9 Å². The third kappa shape index (κ3) is 3.67. The minimum atomic E-state index is 0.544. The molecule has 0 radical (unpaired) electrons. The van der Waals surface area contributed by atoms with Crippen molar-refractivity contribution in [3.63, 3.8) is 0 Å². The molecule has 0 saturated carbocycles. The van der Waals surface area contributed by atoms with E-state index in [2.05, 4.69) is 30.3 Å². The average molecular weight is 204 g/mol. The van der Waals surface area contributed by atoms with E-state index >= 15 is 0 Å². The molecule has 0 bridgehead atoms. The Balaban J connectivity index is 1.66. The summed E-state index contributed by atoms with van der Waals surface area (Å²) in [6.07, 6.45) is 8.12. The lowest BCUT2D eigenvalue weighted by atomic mass is 10.0. The van der Waals surface area contributed by atoms with Gasteiger partial charge in [0.2, 0.25) is 0 Å². The summed E-state index contributed by atoms with van der Waals surface area (Å²) in [7, 11) is 0. The maximum absolute atomic E-state index is 5.72. The maximum Gasteiger partial charge on any atom is 0.0575 e. The summed E-state index contributed by atoms with van der Waals surface area (Å²) in [5.74, 6) is 0. The van der Waals surface area contributed by atoms with E-state index in [0.717, 1.165) is 6.61 Å². The molecule has 1 nitrogen and oxygen atoms in total. The van der Waals surface area contributed by atoms with Gasteiger partial charge < -0.3 is 4.74 Å². The molecule has 1 aliphatic heterocycles. The second-order valence-corrected chi connectivity index (χ2v) is 4.37. The second kappa shape index (κ2) is 5.92. The zero-order valence-electron chi connectivity index (χ0n) is 9.32. The molecular formula is C14H20O. The fraction of sp³-hybridized carbons (Fsp3) is 0.571. The normalized spacial score (nSPS) is 21.5. The highest BCUT2D eigenvalue weighted by atomic mass is 16.5. The molecule has 0 spiro atoms. The molecule has 0 aliphatic carbocycles. The molecule has 0 amide bonds. The van der Waals surface area contributed by atoms with Crippen molar-refractivity contribution >= 4 is 0 Å². The van der Waals surface area contributed by atoms with Gasteiger partial charge in [-0.15, -0.1) is 0 Å². The molecule has 1 atom stereocenters. The molecule has 0 aromatic heterocycles. The largest absolute Gasteiger partial charge is 0.378 e. The first kappa shape index (κ1) is 10.7. The van der Waals surface area contributed by atoms with Gasteiger partial charge in [0.25, 0.3) is 0 Å². The van der Waals surface area contributed by atoms with E-state index in [4.69, 9.17) is 4.74 Å². The molecule has 15 heavy (non-hydrogen) atoms. The van der Waals surface area contributed by atoms with Crippen LogP contribution in [0.3, 0.4) is 0 Å². The predicted octanol–water partition coefficient (Wildman–Crippen LogP) is 3.58. The highest BCUT2D eigenvalue weighted by Gasteiger charge is 2.12. The SMILES string of the molecule is c1ccc(CCCC2CCCCO2)cc1. The van der Waals surface area contributed by atoms with Gasteiger partial charge in [0.1, 0.15) is 0 Å². The van der Waals surface area contributed by atoms with E-state index in [0.29, 0.717) is 6.10 Å². The highest BCUT2D eigenvalue weighted by molar-refractivity contribution is 5.14. The van der Waals surface area contributed by atoms with Gasteiger partial charge in [-0.05, 0) is 44.1 Å². The third-order valence-electron chi connectivity index (χ3n) is 3.11. The molecule has 82 valence electrons. The lowest BCUT2D eigenvalue weighted by molar-refractivity contribution is 0.0102. The van der Waals surface area contributed by atoms with Crippen LogP contribution in [-0.2, 0) is 11.2 Å². The van der Waals surface area contributed by atoms with Crippen LogP contribution in [0.15, 0.2) is 30.3 Å². The Morgan fingerprint density at radius 3 is 2.73 bits per heavy atom. The van der Waals surface area contributed by atoms with Crippen LogP contribution in [0.4, 0.5) is 0 Å². The summed E-state index contributed by atoms with van der Waals surface area (Å²) < 4.78 is 5.72. The van der Waals surface area contributed by atoms with Crippen LogP contribution in [-0.4, -0.2) is 12.7 Å². The monoisotopic (exact) mass is 204 g/mol. The molecular weight excluding hydrogens is 184 g/mol.